The normalized spacial score (nSPS) is 24.1. The highest BCUT2D eigenvalue weighted by atomic mass is 16.3. The average Bonchev–Trinajstić information content (AvgIpc) is 3.68. The predicted octanol–water partition coefficient (Wildman–Crippen LogP) is 15.1. The van der Waals surface area contributed by atoms with Gasteiger partial charge in [0.15, 0.2) is 0 Å². The molecule has 0 fully saturated rings. The molecule has 0 bridgehead atoms. The number of anilines is 5. The van der Waals surface area contributed by atoms with Crippen LogP contribution in [0.15, 0.2) is 101 Å². The van der Waals surface area contributed by atoms with Gasteiger partial charge in [-0.05, 0) is 158 Å². The molecule has 0 saturated carbocycles. The average molecular weight is 889 g/mol. The predicted molar refractivity (Wildman–Crippen MR) is 287 cm³/mol. The van der Waals surface area contributed by atoms with Crippen LogP contribution in [-0.2, 0) is 32.5 Å². The lowest BCUT2D eigenvalue weighted by atomic mass is 9.35. The SMILES string of the molecule is Cc1cc2c3c(c1)N(C1C=CC(C(C)(C)C)=CC1c1ccccc1)c1c(oc4c1C(C)(C)CCC4(C)C)B3c1cc3c(cc1N2c1ccc2c(c1)C(C)(C)CCC2(C)C)C(C)(C)CCC3(C)C. The van der Waals surface area contributed by atoms with E-state index in [-0.39, 0.29) is 56.6 Å². The molecule has 348 valence electrons. The van der Waals surface area contributed by atoms with Gasteiger partial charge in [-0.2, -0.15) is 0 Å². The Morgan fingerprint density at radius 2 is 1.16 bits per heavy atom. The van der Waals surface area contributed by atoms with Gasteiger partial charge in [0.2, 0.25) is 0 Å². The first kappa shape index (κ1) is 44.8. The van der Waals surface area contributed by atoms with Gasteiger partial charge >= 0.3 is 0 Å². The molecule has 1 aromatic heterocycles. The first-order chi connectivity index (χ1) is 31.2. The summed E-state index contributed by atoms with van der Waals surface area (Å²) in [5.41, 5.74) is 22.0. The van der Waals surface area contributed by atoms with E-state index in [4.69, 9.17) is 4.42 Å². The Morgan fingerprint density at radius 3 is 1.81 bits per heavy atom. The molecule has 0 radical (unpaired) electrons. The lowest BCUT2D eigenvalue weighted by Crippen LogP contribution is -2.63. The van der Waals surface area contributed by atoms with E-state index in [1.807, 2.05) is 0 Å². The molecule has 0 amide bonds. The zero-order chi connectivity index (χ0) is 47.8. The fourth-order valence-electron chi connectivity index (χ4n) is 13.7. The topological polar surface area (TPSA) is 19.6 Å². The monoisotopic (exact) mass is 889 g/mol. The first-order valence-electron chi connectivity index (χ1n) is 25.9. The molecule has 5 aromatic rings. The maximum absolute atomic E-state index is 7.86. The van der Waals surface area contributed by atoms with Gasteiger partial charge in [0.05, 0.1) is 17.4 Å². The quantitative estimate of drug-likeness (QED) is 0.165. The van der Waals surface area contributed by atoms with Gasteiger partial charge in [0.25, 0.3) is 6.71 Å². The Balaban J connectivity index is 1.27. The van der Waals surface area contributed by atoms with Crippen molar-refractivity contribution in [1.82, 2.24) is 0 Å². The van der Waals surface area contributed by atoms with Gasteiger partial charge in [-0.1, -0.05) is 165 Å². The van der Waals surface area contributed by atoms with E-state index in [0.29, 0.717) is 0 Å². The van der Waals surface area contributed by atoms with Crippen LogP contribution in [0.5, 0.6) is 0 Å². The smallest absolute Gasteiger partial charge is 0.297 e. The zero-order valence-corrected chi connectivity index (χ0v) is 43.9. The number of hydrogen-bond donors (Lipinski definition) is 0. The molecule has 2 unspecified atom stereocenters. The summed E-state index contributed by atoms with van der Waals surface area (Å²) >= 11 is 0. The largest absolute Gasteiger partial charge is 0.472 e. The number of fused-ring (bicyclic) bond motifs is 8. The number of allylic oxidation sites excluding steroid dienone is 2. The molecule has 11 rings (SSSR count). The van der Waals surface area contributed by atoms with Crippen LogP contribution in [-0.4, -0.2) is 12.8 Å². The molecule has 2 atom stereocenters. The molecule has 2 aliphatic heterocycles. The van der Waals surface area contributed by atoms with Gasteiger partial charge < -0.3 is 14.2 Å². The lowest BCUT2D eigenvalue weighted by Gasteiger charge is -2.49. The number of aryl methyl sites for hydroxylation is 1. The fraction of sp³-hybridized carbons (Fsp3) is 0.492. The van der Waals surface area contributed by atoms with Crippen molar-refractivity contribution in [2.45, 2.75) is 194 Å². The van der Waals surface area contributed by atoms with Crippen LogP contribution in [0.4, 0.5) is 28.4 Å². The molecule has 4 heteroatoms. The van der Waals surface area contributed by atoms with Gasteiger partial charge in [-0.25, -0.2) is 0 Å². The molecule has 67 heavy (non-hydrogen) atoms. The van der Waals surface area contributed by atoms with Crippen LogP contribution in [0, 0.1) is 12.3 Å². The number of nitrogens with zero attached hydrogens (tertiary/aromatic N) is 2. The second-order valence-corrected chi connectivity index (χ2v) is 27.0. The van der Waals surface area contributed by atoms with Crippen molar-refractivity contribution in [2.24, 2.45) is 5.41 Å². The highest BCUT2D eigenvalue weighted by Crippen LogP contribution is 2.57. The van der Waals surface area contributed by atoms with Crippen LogP contribution in [0.1, 0.15) is 193 Å². The van der Waals surface area contributed by atoms with Crippen molar-refractivity contribution in [1.29, 1.82) is 0 Å². The molecule has 4 aromatic carbocycles. The summed E-state index contributed by atoms with van der Waals surface area (Å²) in [7, 11) is 0. The Bertz CT molecular complexity index is 2940. The minimum atomic E-state index is -0.103. The molecule has 3 heterocycles. The van der Waals surface area contributed by atoms with Gasteiger partial charge in [0.1, 0.15) is 5.76 Å². The summed E-state index contributed by atoms with van der Waals surface area (Å²) < 4.78 is 7.86. The first-order valence-corrected chi connectivity index (χ1v) is 25.9. The van der Waals surface area contributed by atoms with Crippen molar-refractivity contribution >= 4 is 51.7 Å². The maximum atomic E-state index is 7.86. The van der Waals surface area contributed by atoms with Gasteiger partial charge in [0, 0.05) is 39.6 Å². The summed E-state index contributed by atoms with van der Waals surface area (Å²) in [4.78, 5) is 5.51. The Morgan fingerprint density at radius 1 is 0.597 bits per heavy atom. The molecule has 6 aliphatic rings. The fourth-order valence-corrected chi connectivity index (χ4v) is 13.7. The summed E-state index contributed by atoms with van der Waals surface area (Å²) in [6.45, 7) is 39.0. The minimum absolute atomic E-state index is 0.0142. The minimum Gasteiger partial charge on any atom is -0.472 e. The Hall–Kier alpha value is -4.70. The second kappa shape index (κ2) is 14.2. The van der Waals surface area contributed by atoms with Gasteiger partial charge in [-0.15, -0.1) is 0 Å². The Labute approximate surface area is 404 Å². The molecule has 3 nitrogen and oxygen atoms in total. The molecule has 4 aliphatic carbocycles. The highest BCUT2D eigenvalue weighted by molar-refractivity contribution is 6.99. The van der Waals surface area contributed by atoms with Crippen molar-refractivity contribution < 1.29 is 4.42 Å². The molecule has 0 saturated heterocycles. The third-order valence-corrected chi connectivity index (χ3v) is 18.3. The standard InChI is InChI=1S/C63H77BN2O/c1-38-32-50-53-51(33-38)66(48-25-22-40(57(2,3)4)34-42(48)39-20-18-17-19-21-39)54-52-55(63(15,16)31-30-62(52,13)14)67-56(54)64(53)47-36-45-46(61(11,12)29-28-60(45,9)10)37-49(47)65(50)41-23-24-43-44(35-41)59(7,8)27-26-58(43,5)6/h17-25,32-37,42,48H,26-31H2,1-16H3. The van der Waals surface area contributed by atoms with Crippen LogP contribution in [0.2, 0.25) is 0 Å². The van der Waals surface area contributed by atoms with Crippen LogP contribution in [0.25, 0.3) is 0 Å². The number of rotatable bonds is 3. The highest BCUT2D eigenvalue weighted by Gasteiger charge is 2.54. The van der Waals surface area contributed by atoms with E-state index < -0.39 is 0 Å². The molecular weight excluding hydrogens is 812 g/mol. The third kappa shape index (κ3) is 6.63. The van der Waals surface area contributed by atoms with Crippen molar-refractivity contribution in [3.05, 3.63) is 141 Å². The van der Waals surface area contributed by atoms with E-state index in [1.54, 1.807) is 0 Å². The zero-order valence-electron chi connectivity index (χ0n) is 43.9. The van der Waals surface area contributed by atoms with Crippen LogP contribution < -0.4 is 26.4 Å². The number of benzene rings is 4. The van der Waals surface area contributed by atoms with E-state index in [2.05, 4.69) is 212 Å². The van der Waals surface area contributed by atoms with Crippen LogP contribution >= 0.6 is 0 Å². The Kier molecular flexibility index (Phi) is 9.49. The van der Waals surface area contributed by atoms with Gasteiger partial charge in [-0.3, -0.25) is 0 Å². The van der Waals surface area contributed by atoms with Crippen LogP contribution in [0.3, 0.4) is 0 Å². The molecular formula is C63H77BN2O. The summed E-state index contributed by atoms with van der Waals surface area (Å²) in [6, 6.07) is 29.3. The number of hydrogen-bond acceptors (Lipinski definition) is 3. The summed E-state index contributed by atoms with van der Waals surface area (Å²) in [5, 5.41) is 0. The van der Waals surface area contributed by atoms with Crippen molar-refractivity contribution in [3.63, 3.8) is 0 Å². The van der Waals surface area contributed by atoms with E-state index in [0.717, 1.165) is 18.5 Å². The number of furan rings is 1. The van der Waals surface area contributed by atoms with Crippen molar-refractivity contribution in [3.8, 4) is 0 Å². The summed E-state index contributed by atoms with van der Waals surface area (Å²) in [6.07, 6.45) is 14.6. The van der Waals surface area contributed by atoms with E-state index in [1.165, 1.54) is 115 Å². The molecule has 0 N–H and O–H groups in total. The van der Waals surface area contributed by atoms with E-state index in [9.17, 15) is 0 Å². The second-order valence-electron chi connectivity index (χ2n) is 27.0. The van der Waals surface area contributed by atoms with E-state index >= 15 is 0 Å². The van der Waals surface area contributed by atoms with Crippen molar-refractivity contribution in [2.75, 3.05) is 9.80 Å². The molecule has 0 spiro atoms. The summed E-state index contributed by atoms with van der Waals surface area (Å²) in [5.74, 6) is 1.31. The maximum Gasteiger partial charge on any atom is 0.297 e. The third-order valence-electron chi connectivity index (χ3n) is 18.3. The lowest BCUT2D eigenvalue weighted by molar-refractivity contribution is 0.282.